The summed E-state index contributed by atoms with van der Waals surface area (Å²) in [4.78, 5) is 46.4. The zero-order valence-corrected chi connectivity index (χ0v) is 18.1. The maximum absolute atomic E-state index is 11.8. The van der Waals surface area contributed by atoms with Gasteiger partial charge in [0, 0.05) is 33.6 Å². The average Bonchev–Trinajstić information content (AvgIpc) is 2.63. The molecule has 30 heavy (non-hydrogen) atoms. The molecular formula is C18H28ClNO10. The van der Waals surface area contributed by atoms with Crippen molar-refractivity contribution in [3.8, 4) is 0 Å². The third kappa shape index (κ3) is 9.24. The van der Waals surface area contributed by atoms with E-state index in [0.717, 1.165) is 6.92 Å². The molecule has 0 bridgehead atoms. The van der Waals surface area contributed by atoms with E-state index in [0.29, 0.717) is 12.5 Å². The topological polar surface area (TPSA) is 136 Å². The third-order valence-electron chi connectivity index (χ3n) is 3.80. The molecule has 0 aromatic heterocycles. The second-order valence-electron chi connectivity index (χ2n) is 6.39. The van der Waals surface area contributed by atoms with E-state index in [2.05, 4.69) is 5.32 Å². The van der Waals surface area contributed by atoms with Gasteiger partial charge in [-0.05, 0) is 0 Å². The van der Waals surface area contributed by atoms with E-state index in [1.165, 1.54) is 20.8 Å². The highest BCUT2D eigenvalue weighted by Crippen LogP contribution is 2.28. The van der Waals surface area contributed by atoms with Crippen molar-refractivity contribution in [2.45, 2.75) is 58.3 Å². The van der Waals surface area contributed by atoms with Gasteiger partial charge in [0.05, 0.1) is 19.8 Å². The van der Waals surface area contributed by atoms with Gasteiger partial charge >= 0.3 is 17.9 Å². The van der Waals surface area contributed by atoms with Crippen LogP contribution in [0.25, 0.3) is 0 Å². The number of alkyl halides is 1. The summed E-state index contributed by atoms with van der Waals surface area (Å²) in [6, 6.07) is -1.00. The van der Waals surface area contributed by atoms with Crippen molar-refractivity contribution in [2.24, 2.45) is 0 Å². The number of hydrogen-bond acceptors (Lipinski definition) is 10. The van der Waals surface area contributed by atoms with Gasteiger partial charge in [-0.1, -0.05) is 0 Å². The van der Waals surface area contributed by atoms with Gasteiger partial charge in [-0.2, -0.15) is 0 Å². The van der Waals surface area contributed by atoms with Gasteiger partial charge in [0.2, 0.25) is 5.91 Å². The molecule has 1 heterocycles. The van der Waals surface area contributed by atoms with E-state index in [4.69, 9.17) is 40.0 Å². The number of hydrogen-bond donors (Lipinski definition) is 1. The molecule has 0 spiro atoms. The van der Waals surface area contributed by atoms with E-state index in [1.807, 2.05) is 0 Å². The minimum atomic E-state index is -1.16. The van der Waals surface area contributed by atoms with Crippen molar-refractivity contribution in [3.63, 3.8) is 0 Å². The van der Waals surface area contributed by atoms with Crippen LogP contribution in [-0.4, -0.2) is 86.8 Å². The van der Waals surface area contributed by atoms with Crippen LogP contribution < -0.4 is 5.32 Å². The monoisotopic (exact) mass is 453 g/mol. The Morgan fingerprint density at radius 2 is 1.53 bits per heavy atom. The summed E-state index contributed by atoms with van der Waals surface area (Å²) in [5, 5.41) is 2.60. The van der Waals surface area contributed by atoms with Gasteiger partial charge in [-0.25, -0.2) is 0 Å². The minimum Gasteiger partial charge on any atom is -0.463 e. The highest BCUT2D eigenvalue weighted by molar-refractivity contribution is 6.17. The van der Waals surface area contributed by atoms with Crippen LogP contribution in [0.3, 0.4) is 0 Å². The number of nitrogens with one attached hydrogen (secondary N) is 1. The summed E-state index contributed by atoms with van der Waals surface area (Å²) >= 11 is 5.54. The Kier molecular flexibility index (Phi) is 11.6. The van der Waals surface area contributed by atoms with Crippen LogP contribution in [0.2, 0.25) is 0 Å². The second kappa shape index (κ2) is 13.4. The molecule has 1 saturated heterocycles. The van der Waals surface area contributed by atoms with E-state index in [-0.39, 0.29) is 19.8 Å². The molecule has 12 heteroatoms. The molecule has 0 unspecified atom stereocenters. The van der Waals surface area contributed by atoms with Crippen molar-refractivity contribution in [1.29, 1.82) is 0 Å². The standard InChI is InChI=1S/C18H28ClNO10/c1-10(21)20-15-17(29-13(4)24)16(28-12(3)23)14(9-27-11(2)22)30-18(15)26-8-7-25-6-5-19/h14-18H,5-9H2,1-4H3,(H,20,21)/t14-,15+,16-,17-,18-/m1/s1. The maximum Gasteiger partial charge on any atom is 0.303 e. The molecule has 0 radical (unpaired) electrons. The van der Waals surface area contributed by atoms with E-state index in [1.54, 1.807) is 0 Å². The fourth-order valence-electron chi connectivity index (χ4n) is 2.81. The van der Waals surface area contributed by atoms with Crippen molar-refractivity contribution in [3.05, 3.63) is 0 Å². The summed E-state index contributed by atoms with van der Waals surface area (Å²) in [5.41, 5.74) is 0. The molecule has 5 atom stereocenters. The number of esters is 3. The third-order valence-corrected chi connectivity index (χ3v) is 3.96. The quantitative estimate of drug-likeness (QED) is 0.196. The predicted molar refractivity (Wildman–Crippen MR) is 101 cm³/mol. The summed E-state index contributed by atoms with van der Waals surface area (Å²) < 4.78 is 32.4. The normalized spacial score (nSPS) is 25.8. The van der Waals surface area contributed by atoms with E-state index < -0.39 is 54.5 Å². The first-order valence-corrected chi connectivity index (χ1v) is 9.84. The fourth-order valence-corrected chi connectivity index (χ4v) is 2.92. The van der Waals surface area contributed by atoms with Crippen LogP contribution >= 0.6 is 11.6 Å². The summed E-state index contributed by atoms with van der Waals surface area (Å²) in [5.74, 6) is -2.07. The lowest BCUT2D eigenvalue weighted by Gasteiger charge is -2.44. The minimum absolute atomic E-state index is 0.0724. The Bertz CT molecular complexity index is 602. The van der Waals surface area contributed by atoms with E-state index in [9.17, 15) is 19.2 Å². The Morgan fingerprint density at radius 3 is 2.07 bits per heavy atom. The zero-order chi connectivity index (χ0) is 22.7. The molecule has 0 aliphatic carbocycles. The Balaban J connectivity index is 3.13. The smallest absolute Gasteiger partial charge is 0.303 e. The number of ether oxygens (including phenoxy) is 6. The first kappa shape index (κ1) is 26.1. The number of carbonyl (C=O) groups excluding carboxylic acids is 4. The van der Waals surface area contributed by atoms with Gasteiger partial charge < -0.3 is 33.7 Å². The molecule has 0 aromatic carbocycles. The summed E-state index contributed by atoms with van der Waals surface area (Å²) in [6.07, 6.45) is -4.43. The molecule has 0 aromatic rings. The van der Waals surface area contributed by atoms with Gasteiger partial charge in [0.25, 0.3) is 0 Å². The van der Waals surface area contributed by atoms with Crippen LogP contribution in [-0.2, 0) is 47.6 Å². The van der Waals surface area contributed by atoms with Gasteiger partial charge in [-0.15, -0.1) is 11.6 Å². The molecule has 1 amide bonds. The highest BCUT2D eigenvalue weighted by atomic mass is 35.5. The molecular weight excluding hydrogens is 426 g/mol. The lowest BCUT2D eigenvalue weighted by Crippen LogP contribution is -2.66. The summed E-state index contributed by atoms with van der Waals surface area (Å²) in [6.45, 7) is 5.10. The number of carbonyl (C=O) groups is 4. The van der Waals surface area contributed by atoms with Crippen molar-refractivity contribution < 1.29 is 47.6 Å². The fraction of sp³-hybridized carbons (Fsp3) is 0.778. The SMILES string of the molecule is CC(=O)N[C@@H]1[C@H](OCCOCCCl)O[C@H](COC(C)=O)[C@@H](OC(C)=O)[C@@H]1OC(C)=O. The number of halogens is 1. The molecule has 1 N–H and O–H groups in total. The largest absolute Gasteiger partial charge is 0.463 e. The lowest BCUT2D eigenvalue weighted by molar-refractivity contribution is -0.279. The lowest BCUT2D eigenvalue weighted by atomic mass is 9.96. The van der Waals surface area contributed by atoms with Gasteiger partial charge in [0.15, 0.2) is 18.5 Å². The highest BCUT2D eigenvalue weighted by Gasteiger charge is 2.51. The maximum atomic E-state index is 11.8. The van der Waals surface area contributed by atoms with Crippen LogP contribution in [0.1, 0.15) is 27.7 Å². The molecule has 1 fully saturated rings. The van der Waals surface area contributed by atoms with Crippen molar-refractivity contribution >= 4 is 35.4 Å². The molecule has 0 saturated carbocycles. The van der Waals surface area contributed by atoms with Crippen LogP contribution in [0.5, 0.6) is 0 Å². The van der Waals surface area contributed by atoms with Crippen molar-refractivity contribution in [2.75, 3.05) is 32.3 Å². The molecule has 1 rings (SSSR count). The Labute approximate surface area is 179 Å². The number of rotatable bonds is 11. The number of amides is 1. The van der Waals surface area contributed by atoms with Gasteiger partial charge in [0.1, 0.15) is 18.8 Å². The first-order chi connectivity index (χ1) is 14.1. The average molecular weight is 454 g/mol. The van der Waals surface area contributed by atoms with Crippen LogP contribution in [0, 0.1) is 0 Å². The van der Waals surface area contributed by atoms with E-state index >= 15 is 0 Å². The van der Waals surface area contributed by atoms with Crippen LogP contribution in [0.15, 0.2) is 0 Å². The molecule has 11 nitrogen and oxygen atoms in total. The first-order valence-electron chi connectivity index (χ1n) is 9.31. The molecule has 1 aliphatic rings. The predicted octanol–water partition coefficient (Wildman–Crippen LogP) is -0.0855. The zero-order valence-electron chi connectivity index (χ0n) is 17.4. The van der Waals surface area contributed by atoms with Crippen LogP contribution in [0.4, 0.5) is 0 Å². The Morgan fingerprint density at radius 1 is 0.900 bits per heavy atom. The molecule has 172 valence electrons. The van der Waals surface area contributed by atoms with Gasteiger partial charge in [-0.3, -0.25) is 19.2 Å². The van der Waals surface area contributed by atoms with Crippen molar-refractivity contribution in [1.82, 2.24) is 5.32 Å². The second-order valence-corrected chi connectivity index (χ2v) is 6.77. The summed E-state index contributed by atoms with van der Waals surface area (Å²) in [7, 11) is 0. The Hall–Kier alpha value is -1.95. The molecule has 1 aliphatic heterocycles.